The van der Waals surface area contributed by atoms with Crippen molar-refractivity contribution in [3.05, 3.63) is 0 Å². The average molecular weight is 288 g/mol. The number of ketones is 1. The Labute approximate surface area is 117 Å². The topological polar surface area (TPSA) is 91.3 Å². The third-order valence-corrected chi connectivity index (χ3v) is 3.30. The highest BCUT2D eigenvalue weighted by atomic mass is 16.8. The standard InChI is InChI=1S/C13H20O7/c1-4-17-12(16)8-5-7(14)10(15)11(19-8)9-6-18-13(2,3)20-9/h8-11,15H,4-6H2,1-3H3/t8-,9-,10+,11-/m1/s1. The Morgan fingerprint density at radius 1 is 1.50 bits per heavy atom. The quantitative estimate of drug-likeness (QED) is 0.718. The van der Waals surface area contributed by atoms with E-state index < -0.39 is 42.0 Å². The van der Waals surface area contributed by atoms with Crippen molar-refractivity contribution in [3.63, 3.8) is 0 Å². The number of hydrogen-bond acceptors (Lipinski definition) is 7. The van der Waals surface area contributed by atoms with E-state index in [1.807, 2.05) is 0 Å². The molecule has 0 aromatic rings. The first-order valence-corrected chi connectivity index (χ1v) is 6.68. The Kier molecular flexibility index (Phi) is 4.43. The molecule has 0 aromatic heterocycles. The third-order valence-electron chi connectivity index (χ3n) is 3.30. The summed E-state index contributed by atoms with van der Waals surface area (Å²) in [6.07, 6.45) is -4.02. The van der Waals surface area contributed by atoms with Gasteiger partial charge in [-0.2, -0.15) is 0 Å². The van der Waals surface area contributed by atoms with Crippen LogP contribution in [0, 0.1) is 0 Å². The van der Waals surface area contributed by atoms with Crippen LogP contribution in [-0.4, -0.2) is 60.3 Å². The van der Waals surface area contributed by atoms with E-state index in [-0.39, 0.29) is 19.6 Å². The van der Waals surface area contributed by atoms with Crippen LogP contribution in [-0.2, 0) is 28.5 Å². The number of carbonyl (C=O) groups excluding carboxylic acids is 2. The van der Waals surface area contributed by atoms with Crippen molar-refractivity contribution in [2.45, 2.75) is 57.4 Å². The van der Waals surface area contributed by atoms with Gasteiger partial charge < -0.3 is 24.1 Å². The monoisotopic (exact) mass is 288 g/mol. The van der Waals surface area contributed by atoms with E-state index in [1.165, 1.54) is 0 Å². The second-order valence-corrected chi connectivity index (χ2v) is 5.32. The van der Waals surface area contributed by atoms with Gasteiger partial charge in [-0.05, 0) is 20.8 Å². The molecule has 2 rings (SSSR count). The lowest BCUT2D eigenvalue weighted by atomic mass is 9.96. The van der Waals surface area contributed by atoms with E-state index >= 15 is 0 Å². The van der Waals surface area contributed by atoms with Crippen LogP contribution in [0.3, 0.4) is 0 Å². The van der Waals surface area contributed by atoms with Gasteiger partial charge in [-0.15, -0.1) is 0 Å². The van der Waals surface area contributed by atoms with Crippen molar-refractivity contribution in [2.24, 2.45) is 0 Å². The molecule has 2 saturated heterocycles. The summed E-state index contributed by atoms with van der Waals surface area (Å²) in [5, 5.41) is 9.94. The van der Waals surface area contributed by atoms with Crippen molar-refractivity contribution < 1.29 is 33.6 Å². The fraction of sp³-hybridized carbons (Fsp3) is 0.846. The Morgan fingerprint density at radius 2 is 2.20 bits per heavy atom. The van der Waals surface area contributed by atoms with Gasteiger partial charge in [0.25, 0.3) is 0 Å². The molecule has 2 fully saturated rings. The van der Waals surface area contributed by atoms with Crippen LogP contribution in [0.15, 0.2) is 0 Å². The first-order valence-electron chi connectivity index (χ1n) is 6.68. The first kappa shape index (κ1) is 15.4. The minimum absolute atomic E-state index is 0.187. The van der Waals surface area contributed by atoms with Gasteiger partial charge in [-0.25, -0.2) is 4.79 Å². The zero-order valence-corrected chi connectivity index (χ0v) is 11.8. The molecule has 0 amide bonds. The van der Waals surface area contributed by atoms with E-state index in [4.69, 9.17) is 18.9 Å². The number of aliphatic hydroxyl groups excluding tert-OH is 1. The normalized spacial score (nSPS) is 36.9. The molecular formula is C13H20O7. The Hall–Kier alpha value is -1.02. The molecule has 20 heavy (non-hydrogen) atoms. The molecule has 7 nitrogen and oxygen atoms in total. The molecule has 0 radical (unpaired) electrons. The molecule has 0 unspecified atom stereocenters. The third kappa shape index (κ3) is 3.17. The number of rotatable bonds is 3. The number of aliphatic hydroxyl groups is 1. The summed E-state index contributed by atoms with van der Waals surface area (Å²) >= 11 is 0. The van der Waals surface area contributed by atoms with E-state index in [1.54, 1.807) is 20.8 Å². The van der Waals surface area contributed by atoms with Crippen LogP contribution in [0.25, 0.3) is 0 Å². The minimum atomic E-state index is -1.32. The van der Waals surface area contributed by atoms with Crippen molar-refractivity contribution >= 4 is 11.8 Å². The fourth-order valence-electron chi connectivity index (χ4n) is 2.34. The molecule has 2 aliphatic rings. The number of ether oxygens (including phenoxy) is 4. The fourth-order valence-corrected chi connectivity index (χ4v) is 2.34. The largest absolute Gasteiger partial charge is 0.464 e. The van der Waals surface area contributed by atoms with Crippen LogP contribution in [0.4, 0.5) is 0 Å². The summed E-state index contributed by atoms with van der Waals surface area (Å²) in [4.78, 5) is 23.5. The number of esters is 1. The van der Waals surface area contributed by atoms with Crippen molar-refractivity contribution in [1.29, 1.82) is 0 Å². The van der Waals surface area contributed by atoms with Gasteiger partial charge in [-0.3, -0.25) is 4.79 Å². The second-order valence-electron chi connectivity index (χ2n) is 5.32. The lowest BCUT2D eigenvalue weighted by Gasteiger charge is -2.34. The molecular weight excluding hydrogens is 268 g/mol. The van der Waals surface area contributed by atoms with E-state index in [2.05, 4.69) is 0 Å². The summed E-state index contributed by atoms with van der Waals surface area (Å²) in [6, 6.07) is 0. The maximum Gasteiger partial charge on any atom is 0.335 e. The first-order chi connectivity index (χ1) is 9.34. The molecule has 7 heteroatoms. The van der Waals surface area contributed by atoms with E-state index in [0.717, 1.165) is 0 Å². The summed E-state index contributed by atoms with van der Waals surface area (Å²) < 4.78 is 21.3. The maximum absolute atomic E-state index is 11.8. The van der Waals surface area contributed by atoms with E-state index in [0.29, 0.717) is 0 Å². The minimum Gasteiger partial charge on any atom is -0.464 e. The Balaban J connectivity index is 2.07. The summed E-state index contributed by atoms with van der Waals surface area (Å²) in [5.74, 6) is -1.85. The predicted octanol–water partition coefficient (Wildman–Crippen LogP) is -0.211. The van der Waals surface area contributed by atoms with Crippen LogP contribution in [0.1, 0.15) is 27.2 Å². The number of carbonyl (C=O) groups is 2. The lowest BCUT2D eigenvalue weighted by molar-refractivity contribution is -0.203. The predicted molar refractivity (Wildman–Crippen MR) is 65.8 cm³/mol. The molecule has 2 aliphatic heterocycles. The Morgan fingerprint density at radius 3 is 2.75 bits per heavy atom. The number of hydrogen-bond donors (Lipinski definition) is 1. The molecule has 2 heterocycles. The van der Waals surface area contributed by atoms with Gasteiger partial charge in [0.05, 0.1) is 13.2 Å². The van der Waals surface area contributed by atoms with Crippen molar-refractivity contribution in [1.82, 2.24) is 0 Å². The van der Waals surface area contributed by atoms with Crippen LogP contribution < -0.4 is 0 Å². The summed E-state index contributed by atoms with van der Waals surface area (Å²) in [6.45, 7) is 5.53. The van der Waals surface area contributed by atoms with Gasteiger partial charge in [-0.1, -0.05) is 0 Å². The molecule has 0 saturated carbocycles. The van der Waals surface area contributed by atoms with Crippen LogP contribution in [0.5, 0.6) is 0 Å². The zero-order chi connectivity index (χ0) is 14.9. The Bertz CT molecular complexity index is 392. The smallest absolute Gasteiger partial charge is 0.335 e. The zero-order valence-electron chi connectivity index (χ0n) is 11.8. The van der Waals surface area contributed by atoms with Crippen molar-refractivity contribution in [2.75, 3.05) is 13.2 Å². The average Bonchev–Trinajstić information content (AvgIpc) is 2.73. The van der Waals surface area contributed by atoms with Gasteiger partial charge >= 0.3 is 5.97 Å². The molecule has 0 spiro atoms. The van der Waals surface area contributed by atoms with Crippen molar-refractivity contribution in [3.8, 4) is 0 Å². The highest BCUT2D eigenvalue weighted by Crippen LogP contribution is 2.30. The highest BCUT2D eigenvalue weighted by molar-refractivity contribution is 5.90. The highest BCUT2D eigenvalue weighted by Gasteiger charge is 2.48. The van der Waals surface area contributed by atoms with Gasteiger partial charge in [0.15, 0.2) is 17.7 Å². The summed E-state index contributed by atoms with van der Waals surface area (Å²) in [7, 11) is 0. The molecule has 114 valence electrons. The van der Waals surface area contributed by atoms with Gasteiger partial charge in [0.2, 0.25) is 0 Å². The molecule has 4 atom stereocenters. The molecule has 0 aromatic carbocycles. The van der Waals surface area contributed by atoms with Crippen LogP contribution >= 0.6 is 0 Å². The molecule has 0 bridgehead atoms. The summed E-state index contributed by atoms with van der Waals surface area (Å²) in [5.41, 5.74) is 0. The van der Waals surface area contributed by atoms with Crippen LogP contribution in [0.2, 0.25) is 0 Å². The molecule has 1 N–H and O–H groups in total. The van der Waals surface area contributed by atoms with Gasteiger partial charge in [0, 0.05) is 6.42 Å². The molecule has 0 aliphatic carbocycles. The SMILES string of the molecule is CCOC(=O)[C@H]1CC(=O)[C@H](O)[C@@H]([C@H]2COC(C)(C)O2)O1. The van der Waals surface area contributed by atoms with Gasteiger partial charge in [0.1, 0.15) is 18.3 Å². The maximum atomic E-state index is 11.8. The number of Topliss-reactive ketones (excluding diaryl/α,β-unsaturated/α-hetero) is 1. The van der Waals surface area contributed by atoms with E-state index in [9.17, 15) is 14.7 Å². The lowest BCUT2D eigenvalue weighted by Crippen LogP contribution is -2.54. The second kappa shape index (κ2) is 5.77.